The molecule has 0 aliphatic carbocycles. The lowest BCUT2D eigenvalue weighted by molar-refractivity contribution is 0.0303. The zero-order valence-corrected chi connectivity index (χ0v) is 24.7. The van der Waals surface area contributed by atoms with Crippen molar-refractivity contribution >= 4 is 40.0 Å². The number of aryl methyl sites for hydroxylation is 2. The molecule has 0 saturated carbocycles. The van der Waals surface area contributed by atoms with Gasteiger partial charge >= 0.3 is 6.09 Å². The van der Waals surface area contributed by atoms with Crippen LogP contribution in [0.4, 0.5) is 27.8 Å². The third-order valence-corrected chi connectivity index (χ3v) is 7.24. The van der Waals surface area contributed by atoms with Crippen LogP contribution in [-0.2, 0) is 17.7 Å². The third-order valence-electron chi connectivity index (χ3n) is 7.24. The number of carbonyl (C=O) groups excluding carboxylic acids is 1. The van der Waals surface area contributed by atoms with E-state index in [2.05, 4.69) is 39.3 Å². The number of rotatable bonds is 8. The molecule has 0 bridgehead atoms. The average molecular weight is 558 g/mol. The Morgan fingerprint density at radius 1 is 1.17 bits per heavy atom. The number of aromatic nitrogens is 3. The van der Waals surface area contributed by atoms with Gasteiger partial charge < -0.3 is 34.9 Å². The molecule has 2 aromatic carbocycles. The molecule has 0 unspecified atom stereocenters. The lowest BCUT2D eigenvalue weighted by atomic mass is 10.0. The number of hydrogen-bond donors (Lipinski definition) is 2. The van der Waals surface area contributed by atoms with Crippen molar-refractivity contribution in [2.24, 2.45) is 0 Å². The van der Waals surface area contributed by atoms with Crippen LogP contribution in [0.3, 0.4) is 0 Å². The fourth-order valence-electron chi connectivity index (χ4n) is 5.18. The van der Waals surface area contributed by atoms with Crippen LogP contribution in [0.25, 0.3) is 22.2 Å². The van der Waals surface area contributed by atoms with E-state index < -0.39 is 5.60 Å². The second-order valence-electron chi connectivity index (χ2n) is 11.5. The van der Waals surface area contributed by atoms with Gasteiger partial charge in [0, 0.05) is 63.1 Å². The molecule has 3 N–H and O–H groups in total. The molecule has 10 heteroatoms. The van der Waals surface area contributed by atoms with Gasteiger partial charge in [-0.15, -0.1) is 0 Å². The maximum Gasteiger partial charge on any atom is 0.410 e. The molecule has 4 aromatic rings. The molecule has 0 fully saturated rings. The fraction of sp³-hybridized carbons (Fsp3) is 0.387. The molecule has 5 rings (SSSR count). The van der Waals surface area contributed by atoms with Gasteiger partial charge in [-0.2, -0.15) is 0 Å². The van der Waals surface area contributed by atoms with E-state index in [1.807, 2.05) is 50.9 Å². The highest BCUT2D eigenvalue weighted by atomic mass is 16.6. The molecule has 2 aromatic heterocycles. The van der Waals surface area contributed by atoms with E-state index in [0.29, 0.717) is 36.2 Å². The topological polar surface area (TPSA) is 111 Å². The molecular weight excluding hydrogens is 518 g/mol. The summed E-state index contributed by atoms with van der Waals surface area (Å²) in [6, 6.07) is 12.1. The maximum absolute atomic E-state index is 12.3. The van der Waals surface area contributed by atoms with E-state index in [4.69, 9.17) is 20.2 Å². The second kappa shape index (κ2) is 11.2. The minimum Gasteiger partial charge on any atom is -0.494 e. The van der Waals surface area contributed by atoms with Crippen LogP contribution in [0.1, 0.15) is 32.8 Å². The van der Waals surface area contributed by atoms with Gasteiger partial charge in [0.1, 0.15) is 11.4 Å². The second-order valence-corrected chi connectivity index (χ2v) is 11.5. The highest BCUT2D eigenvalue weighted by Crippen LogP contribution is 2.37. The highest BCUT2D eigenvalue weighted by molar-refractivity contribution is 5.97. The zero-order valence-electron chi connectivity index (χ0n) is 24.7. The molecule has 1 aliphatic rings. The zero-order chi connectivity index (χ0) is 29.3. The predicted molar refractivity (Wildman–Crippen MR) is 164 cm³/mol. The Kier molecular flexibility index (Phi) is 7.66. The number of methoxy groups -OCH3 is 1. The predicted octanol–water partition coefficient (Wildman–Crippen LogP) is 5.68. The Hall–Kier alpha value is -4.47. The Balaban J connectivity index is 1.34. The van der Waals surface area contributed by atoms with Crippen molar-refractivity contribution in [3.05, 3.63) is 54.4 Å². The number of nitrogens with one attached hydrogen (secondary N) is 1. The monoisotopic (exact) mass is 557 g/mol. The molecule has 216 valence electrons. The van der Waals surface area contributed by atoms with Crippen LogP contribution in [0.15, 0.2) is 48.8 Å². The smallest absolute Gasteiger partial charge is 0.410 e. The van der Waals surface area contributed by atoms with Crippen molar-refractivity contribution in [3.8, 4) is 17.0 Å². The Morgan fingerprint density at radius 3 is 2.73 bits per heavy atom. The first-order valence-corrected chi connectivity index (χ1v) is 13.9. The van der Waals surface area contributed by atoms with Crippen molar-refractivity contribution in [1.29, 1.82) is 0 Å². The van der Waals surface area contributed by atoms with Gasteiger partial charge in [-0.05, 0) is 51.3 Å². The van der Waals surface area contributed by atoms with Gasteiger partial charge in [0.2, 0.25) is 5.95 Å². The lowest BCUT2D eigenvalue weighted by Crippen LogP contribution is -2.38. The quantitative estimate of drug-likeness (QED) is 0.266. The minimum absolute atomic E-state index is 0.365. The first-order valence-electron chi connectivity index (χ1n) is 13.9. The molecule has 41 heavy (non-hydrogen) atoms. The van der Waals surface area contributed by atoms with Crippen molar-refractivity contribution in [2.75, 3.05) is 50.2 Å². The SMILES string of the molecule is COc1cc(N(C)CCN(C)C(=O)OC(C)(C)C)c(N)cc1Nc1nccc(-c2cn3c4c(cccc24)CCC3)n1. The van der Waals surface area contributed by atoms with Gasteiger partial charge in [-0.25, -0.2) is 14.8 Å². The molecule has 0 spiro atoms. The van der Waals surface area contributed by atoms with Crippen LogP contribution in [0, 0.1) is 0 Å². The third kappa shape index (κ3) is 6.01. The summed E-state index contributed by atoms with van der Waals surface area (Å²) in [7, 11) is 5.26. The summed E-state index contributed by atoms with van der Waals surface area (Å²) >= 11 is 0. The van der Waals surface area contributed by atoms with Crippen LogP contribution in [0.2, 0.25) is 0 Å². The molecule has 1 aliphatic heterocycles. The molecular formula is C31H39N7O3. The Bertz CT molecular complexity index is 1570. The van der Waals surface area contributed by atoms with E-state index in [1.165, 1.54) is 16.5 Å². The van der Waals surface area contributed by atoms with Gasteiger partial charge in [-0.3, -0.25) is 0 Å². The molecule has 0 radical (unpaired) electrons. The summed E-state index contributed by atoms with van der Waals surface area (Å²) in [6.07, 6.45) is 5.84. The number of carbonyl (C=O) groups is 1. The number of nitrogens with two attached hydrogens (primary N) is 1. The largest absolute Gasteiger partial charge is 0.494 e. The van der Waals surface area contributed by atoms with E-state index in [9.17, 15) is 4.79 Å². The Morgan fingerprint density at radius 2 is 1.98 bits per heavy atom. The Labute approximate surface area is 241 Å². The molecule has 10 nitrogen and oxygen atoms in total. The van der Waals surface area contributed by atoms with E-state index in [-0.39, 0.29) is 6.09 Å². The van der Waals surface area contributed by atoms with Crippen molar-refractivity contribution in [1.82, 2.24) is 19.4 Å². The summed E-state index contributed by atoms with van der Waals surface area (Å²) in [6.45, 7) is 7.58. The summed E-state index contributed by atoms with van der Waals surface area (Å²) < 4.78 is 13.5. The number of para-hydroxylation sites is 1. The van der Waals surface area contributed by atoms with Gasteiger partial charge in [0.25, 0.3) is 0 Å². The number of benzene rings is 2. The van der Waals surface area contributed by atoms with E-state index in [0.717, 1.165) is 36.3 Å². The normalized spacial score (nSPS) is 12.7. The van der Waals surface area contributed by atoms with Crippen LogP contribution in [0.5, 0.6) is 5.75 Å². The summed E-state index contributed by atoms with van der Waals surface area (Å²) in [5.41, 5.74) is 12.6. The van der Waals surface area contributed by atoms with Crippen LogP contribution < -0.4 is 20.7 Å². The van der Waals surface area contributed by atoms with E-state index in [1.54, 1.807) is 25.3 Å². The first kappa shape index (κ1) is 28.1. The summed E-state index contributed by atoms with van der Waals surface area (Å²) in [5, 5.41) is 4.50. The molecule has 0 saturated heterocycles. The minimum atomic E-state index is -0.545. The number of amides is 1. The highest BCUT2D eigenvalue weighted by Gasteiger charge is 2.21. The molecule has 3 heterocycles. The van der Waals surface area contributed by atoms with Gasteiger partial charge in [0.05, 0.1) is 35.4 Å². The van der Waals surface area contributed by atoms with Crippen molar-refractivity contribution < 1.29 is 14.3 Å². The number of ether oxygens (including phenoxy) is 2. The first-order chi connectivity index (χ1) is 19.5. The van der Waals surface area contributed by atoms with Crippen molar-refractivity contribution in [3.63, 3.8) is 0 Å². The fourth-order valence-corrected chi connectivity index (χ4v) is 5.18. The molecule has 1 amide bonds. The van der Waals surface area contributed by atoms with Crippen molar-refractivity contribution in [2.45, 2.75) is 45.8 Å². The maximum atomic E-state index is 12.3. The number of nitrogens with zero attached hydrogens (tertiary/aromatic N) is 5. The van der Waals surface area contributed by atoms with Crippen LogP contribution in [-0.4, -0.2) is 65.4 Å². The average Bonchev–Trinajstić information content (AvgIpc) is 3.31. The summed E-state index contributed by atoms with van der Waals surface area (Å²) in [4.78, 5) is 25.2. The number of hydrogen-bond acceptors (Lipinski definition) is 8. The molecule has 0 atom stereocenters. The van der Waals surface area contributed by atoms with E-state index >= 15 is 0 Å². The lowest BCUT2D eigenvalue weighted by Gasteiger charge is -2.28. The standard InChI is InChI=1S/C31H39N7O3/c1-31(2,3)41-30(39)37(5)16-15-36(4)26-18-27(40-6)25(17-23(26)32)35-29-33-13-12-24(34-29)22-19-38-14-8-10-20-9-7-11-21(22)28(20)38/h7,9,11-13,17-19H,8,10,14-16,32H2,1-6H3,(H,33,34,35). The van der Waals surface area contributed by atoms with Gasteiger partial charge in [0.15, 0.2) is 0 Å². The number of anilines is 4. The summed E-state index contributed by atoms with van der Waals surface area (Å²) in [5.74, 6) is 1.05. The number of nitrogen functional groups attached to an aromatic ring is 1. The van der Waals surface area contributed by atoms with Gasteiger partial charge in [-0.1, -0.05) is 18.2 Å². The van der Waals surface area contributed by atoms with Crippen LogP contribution >= 0.6 is 0 Å². The number of likely N-dealkylation sites (N-methyl/N-ethyl adjacent to an activating group) is 2.